The van der Waals surface area contributed by atoms with Crippen molar-refractivity contribution in [3.63, 3.8) is 0 Å². The van der Waals surface area contributed by atoms with E-state index in [0.29, 0.717) is 10.4 Å². The predicted molar refractivity (Wildman–Crippen MR) is 54.9 cm³/mol. The Morgan fingerprint density at radius 3 is 2.75 bits per heavy atom. The molecule has 0 saturated heterocycles. The van der Waals surface area contributed by atoms with Gasteiger partial charge in [0.1, 0.15) is 0 Å². The van der Waals surface area contributed by atoms with Crippen molar-refractivity contribution < 1.29 is 5.11 Å². The van der Waals surface area contributed by atoms with Crippen LogP contribution in [0, 0.1) is 6.92 Å². The van der Waals surface area contributed by atoms with Crippen LogP contribution < -0.4 is 0 Å². The minimum Gasteiger partial charge on any atom is -0.388 e. The first-order chi connectivity index (χ1) is 5.65. The van der Waals surface area contributed by atoms with E-state index in [1.54, 1.807) is 6.07 Å². The molecule has 0 saturated carbocycles. The fourth-order valence-electron chi connectivity index (χ4n) is 1.10. The second-order valence-corrected chi connectivity index (χ2v) is 3.75. The molecule has 0 fully saturated rings. The average Bonchev–Trinajstić information content (AvgIpc) is 2.03. The van der Waals surface area contributed by atoms with Crippen molar-refractivity contribution >= 4 is 27.5 Å². The Kier molecular flexibility index (Phi) is 3.56. The maximum atomic E-state index is 9.51. The number of alkyl halides is 1. The highest BCUT2D eigenvalue weighted by Gasteiger charge is 2.07. The second-order valence-electron chi connectivity index (χ2n) is 2.67. The molecular formula is C9H10BrClO. The van der Waals surface area contributed by atoms with Crippen LogP contribution in [0.4, 0.5) is 0 Å². The molecule has 1 unspecified atom stereocenters. The van der Waals surface area contributed by atoms with E-state index in [9.17, 15) is 5.11 Å². The largest absolute Gasteiger partial charge is 0.388 e. The predicted octanol–water partition coefficient (Wildman–Crippen LogP) is 3.08. The first kappa shape index (κ1) is 10.0. The normalized spacial score (nSPS) is 13.0. The van der Waals surface area contributed by atoms with Crippen LogP contribution in [0.3, 0.4) is 0 Å². The number of halogens is 2. The highest BCUT2D eigenvalue weighted by atomic mass is 79.9. The van der Waals surface area contributed by atoms with E-state index >= 15 is 0 Å². The molecule has 0 heterocycles. The van der Waals surface area contributed by atoms with Crippen molar-refractivity contribution in [2.45, 2.75) is 13.0 Å². The van der Waals surface area contributed by atoms with Crippen LogP contribution in [0.1, 0.15) is 17.2 Å². The monoisotopic (exact) mass is 248 g/mol. The van der Waals surface area contributed by atoms with Gasteiger partial charge in [0, 0.05) is 10.4 Å². The van der Waals surface area contributed by atoms with E-state index in [2.05, 4.69) is 15.9 Å². The summed E-state index contributed by atoms with van der Waals surface area (Å²) >= 11 is 8.99. The Hall–Kier alpha value is -0.0500. The molecule has 1 rings (SSSR count). The Bertz CT molecular complexity index is 275. The number of hydrogen-bond donors (Lipinski definition) is 1. The Morgan fingerprint density at radius 2 is 2.25 bits per heavy atom. The molecule has 0 amide bonds. The molecule has 0 aliphatic carbocycles. The minimum absolute atomic E-state index is 0.442. The molecular weight excluding hydrogens is 239 g/mol. The zero-order valence-corrected chi connectivity index (χ0v) is 9.06. The quantitative estimate of drug-likeness (QED) is 0.799. The van der Waals surface area contributed by atoms with Crippen LogP contribution in [-0.4, -0.2) is 10.4 Å². The van der Waals surface area contributed by atoms with Gasteiger partial charge in [-0.3, -0.25) is 0 Å². The fourth-order valence-corrected chi connectivity index (χ4v) is 1.67. The van der Waals surface area contributed by atoms with Gasteiger partial charge in [-0.2, -0.15) is 0 Å². The highest BCUT2D eigenvalue weighted by Crippen LogP contribution is 2.22. The van der Waals surface area contributed by atoms with Crippen molar-refractivity contribution in [2.24, 2.45) is 0 Å². The van der Waals surface area contributed by atoms with E-state index in [1.807, 2.05) is 19.1 Å². The first-order valence-corrected chi connectivity index (χ1v) is 5.15. The van der Waals surface area contributed by atoms with Gasteiger partial charge in [0.2, 0.25) is 0 Å². The Labute approximate surface area is 85.5 Å². The van der Waals surface area contributed by atoms with Crippen LogP contribution in [0.15, 0.2) is 18.2 Å². The summed E-state index contributed by atoms with van der Waals surface area (Å²) in [7, 11) is 0. The van der Waals surface area contributed by atoms with Crippen LogP contribution in [-0.2, 0) is 0 Å². The number of aliphatic hydroxyl groups is 1. The Balaban J connectivity index is 3.01. The summed E-state index contributed by atoms with van der Waals surface area (Å²) in [4.78, 5) is 0. The lowest BCUT2D eigenvalue weighted by atomic mass is 10.1. The third-order valence-corrected chi connectivity index (χ3v) is 2.59. The SMILES string of the molecule is Cc1cc(Cl)ccc1C(O)CBr. The molecule has 1 nitrogen and oxygen atoms in total. The number of aliphatic hydroxyl groups excluding tert-OH is 1. The summed E-state index contributed by atoms with van der Waals surface area (Å²) in [5.41, 5.74) is 1.95. The molecule has 1 aromatic rings. The minimum atomic E-state index is -0.442. The molecule has 0 aliphatic heterocycles. The van der Waals surface area contributed by atoms with Crippen molar-refractivity contribution in [3.8, 4) is 0 Å². The third kappa shape index (κ3) is 2.22. The van der Waals surface area contributed by atoms with Gasteiger partial charge in [0.05, 0.1) is 6.10 Å². The van der Waals surface area contributed by atoms with Crippen molar-refractivity contribution in [2.75, 3.05) is 5.33 Å². The van der Waals surface area contributed by atoms with E-state index in [1.165, 1.54) is 0 Å². The molecule has 0 spiro atoms. The van der Waals surface area contributed by atoms with Crippen LogP contribution >= 0.6 is 27.5 Å². The topological polar surface area (TPSA) is 20.2 Å². The van der Waals surface area contributed by atoms with Crippen molar-refractivity contribution in [1.29, 1.82) is 0 Å². The van der Waals surface area contributed by atoms with Gasteiger partial charge in [-0.05, 0) is 30.2 Å². The van der Waals surface area contributed by atoms with Gasteiger partial charge in [-0.25, -0.2) is 0 Å². The fraction of sp³-hybridized carbons (Fsp3) is 0.333. The molecule has 0 radical (unpaired) electrons. The third-order valence-electron chi connectivity index (χ3n) is 1.74. The van der Waals surface area contributed by atoms with Gasteiger partial charge in [-0.15, -0.1) is 0 Å². The molecule has 1 aromatic carbocycles. The number of rotatable bonds is 2. The average molecular weight is 250 g/mol. The molecule has 12 heavy (non-hydrogen) atoms. The van der Waals surface area contributed by atoms with Crippen LogP contribution in [0.2, 0.25) is 5.02 Å². The van der Waals surface area contributed by atoms with Crippen molar-refractivity contribution in [1.82, 2.24) is 0 Å². The summed E-state index contributed by atoms with van der Waals surface area (Å²) in [6.07, 6.45) is -0.442. The zero-order valence-electron chi connectivity index (χ0n) is 6.72. The summed E-state index contributed by atoms with van der Waals surface area (Å²) in [6.45, 7) is 1.94. The van der Waals surface area contributed by atoms with Crippen LogP contribution in [0.5, 0.6) is 0 Å². The van der Waals surface area contributed by atoms with Gasteiger partial charge in [-0.1, -0.05) is 33.6 Å². The lowest BCUT2D eigenvalue weighted by molar-refractivity contribution is 0.204. The summed E-state index contributed by atoms with van der Waals surface area (Å²) in [5.74, 6) is 0. The standard InChI is InChI=1S/C9H10BrClO/c1-6-4-7(11)2-3-8(6)9(12)5-10/h2-4,9,12H,5H2,1H3. The van der Waals surface area contributed by atoms with E-state index in [0.717, 1.165) is 11.1 Å². The van der Waals surface area contributed by atoms with Crippen LogP contribution in [0.25, 0.3) is 0 Å². The maximum Gasteiger partial charge on any atom is 0.0889 e. The van der Waals surface area contributed by atoms with Gasteiger partial charge in [0.25, 0.3) is 0 Å². The highest BCUT2D eigenvalue weighted by molar-refractivity contribution is 9.09. The first-order valence-electron chi connectivity index (χ1n) is 3.65. The van der Waals surface area contributed by atoms with E-state index in [-0.39, 0.29) is 0 Å². The molecule has 1 atom stereocenters. The number of benzene rings is 1. The summed E-state index contributed by atoms with van der Waals surface area (Å²) < 4.78 is 0. The molecule has 1 N–H and O–H groups in total. The molecule has 3 heteroatoms. The lowest BCUT2D eigenvalue weighted by Crippen LogP contribution is -2.00. The maximum absolute atomic E-state index is 9.51. The van der Waals surface area contributed by atoms with E-state index < -0.39 is 6.10 Å². The van der Waals surface area contributed by atoms with Gasteiger partial charge in [0.15, 0.2) is 0 Å². The lowest BCUT2D eigenvalue weighted by Gasteiger charge is -2.10. The molecule has 0 aromatic heterocycles. The number of hydrogen-bond acceptors (Lipinski definition) is 1. The Morgan fingerprint density at radius 1 is 1.58 bits per heavy atom. The smallest absolute Gasteiger partial charge is 0.0889 e. The summed E-state index contributed by atoms with van der Waals surface area (Å²) in [6, 6.07) is 5.49. The van der Waals surface area contributed by atoms with E-state index in [4.69, 9.17) is 11.6 Å². The zero-order chi connectivity index (χ0) is 9.14. The second kappa shape index (κ2) is 4.26. The molecule has 66 valence electrons. The van der Waals surface area contributed by atoms with Crippen molar-refractivity contribution in [3.05, 3.63) is 34.3 Å². The van der Waals surface area contributed by atoms with Gasteiger partial charge < -0.3 is 5.11 Å². The molecule has 0 bridgehead atoms. The molecule has 0 aliphatic rings. The number of aryl methyl sites for hydroxylation is 1. The summed E-state index contributed by atoms with van der Waals surface area (Å²) in [5, 5.41) is 10.8. The van der Waals surface area contributed by atoms with Gasteiger partial charge >= 0.3 is 0 Å².